The summed E-state index contributed by atoms with van der Waals surface area (Å²) >= 11 is 6.23. The second-order valence-corrected chi connectivity index (χ2v) is 8.74. The predicted molar refractivity (Wildman–Crippen MR) is 123 cm³/mol. The molecule has 0 spiro atoms. The molecule has 6 rings (SSSR count). The number of halogens is 1. The van der Waals surface area contributed by atoms with Crippen LogP contribution < -0.4 is 5.69 Å². The molecule has 0 unspecified atom stereocenters. The Morgan fingerprint density at radius 1 is 1.00 bits per heavy atom. The third kappa shape index (κ3) is 3.31. The molecule has 9 heteroatoms. The Hall–Kier alpha value is -3.39. The number of fused-ring (bicyclic) bond motifs is 2. The lowest BCUT2D eigenvalue weighted by Crippen LogP contribution is -2.25. The summed E-state index contributed by atoms with van der Waals surface area (Å²) in [6.07, 6.45) is 12.1. The van der Waals surface area contributed by atoms with Crippen molar-refractivity contribution in [3.63, 3.8) is 0 Å². The van der Waals surface area contributed by atoms with Gasteiger partial charge in [-0.25, -0.2) is 14.8 Å². The minimum atomic E-state index is 0.00514. The number of pyridine rings is 1. The second kappa shape index (κ2) is 7.63. The highest BCUT2D eigenvalue weighted by molar-refractivity contribution is 6.31. The molecule has 0 saturated heterocycles. The van der Waals surface area contributed by atoms with Crippen molar-refractivity contribution in [3.05, 3.63) is 76.7 Å². The largest absolute Gasteiger partial charge is 0.337 e. The number of benzene rings is 1. The maximum atomic E-state index is 13.4. The topological polar surface area (TPSA) is 75.5 Å². The number of imidazole rings is 3. The fraction of sp³-hybridized carbons (Fsp3) is 0.304. The van der Waals surface area contributed by atoms with Crippen molar-refractivity contribution in [2.45, 2.75) is 44.9 Å². The zero-order chi connectivity index (χ0) is 21.7. The molecule has 0 radical (unpaired) electrons. The molecule has 0 amide bonds. The van der Waals surface area contributed by atoms with Gasteiger partial charge < -0.3 is 9.13 Å². The zero-order valence-electron chi connectivity index (χ0n) is 17.4. The third-order valence-electron chi connectivity index (χ3n) is 6.12. The van der Waals surface area contributed by atoms with Gasteiger partial charge in [-0.1, -0.05) is 11.6 Å². The number of rotatable bonds is 7. The molecule has 0 bridgehead atoms. The van der Waals surface area contributed by atoms with Gasteiger partial charge in [0.15, 0.2) is 0 Å². The Kier molecular flexibility index (Phi) is 4.61. The number of nitrogens with zero attached hydrogens (tertiary/aromatic N) is 7. The molecule has 1 aromatic carbocycles. The van der Waals surface area contributed by atoms with Crippen LogP contribution in [-0.2, 0) is 19.6 Å². The van der Waals surface area contributed by atoms with E-state index in [-0.39, 0.29) is 5.69 Å². The van der Waals surface area contributed by atoms with E-state index in [1.807, 2.05) is 41.4 Å². The lowest BCUT2D eigenvalue weighted by atomic mass is 10.3. The van der Waals surface area contributed by atoms with E-state index in [9.17, 15) is 4.79 Å². The average molecular weight is 448 g/mol. The van der Waals surface area contributed by atoms with Gasteiger partial charge >= 0.3 is 5.69 Å². The molecule has 8 nitrogen and oxygen atoms in total. The molecule has 1 aliphatic carbocycles. The molecule has 4 aromatic heterocycles. The van der Waals surface area contributed by atoms with Crippen LogP contribution in [0.25, 0.3) is 22.1 Å². The fourth-order valence-corrected chi connectivity index (χ4v) is 4.63. The number of aromatic nitrogens is 7. The summed E-state index contributed by atoms with van der Waals surface area (Å²) in [6.45, 7) is 2.02. The first kappa shape index (κ1) is 19.3. The van der Waals surface area contributed by atoms with Gasteiger partial charge in [0.2, 0.25) is 0 Å². The molecule has 4 heterocycles. The highest BCUT2D eigenvalue weighted by Gasteiger charge is 2.29. The standard InChI is InChI=1S/C23H22ClN7O/c24-16-2-5-19-18(12-16)27-22(29(19)10-1-9-28-11-8-26-15-28)14-30-21-13-25-7-6-20(21)31(23(30)32)17-3-4-17/h2,5-8,11-13,15,17H,1,3-4,9-10,14H2. The average Bonchev–Trinajstić information content (AvgIpc) is 3.26. The van der Waals surface area contributed by atoms with Crippen LogP contribution in [0.1, 0.15) is 31.1 Å². The summed E-state index contributed by atoms with van der Waals surface area (Å²) in [7, 11) is 0. The van der Waals surface area contributed by atoms with E-state index in [2.05, 4.69) is 19.1 Å². The first-order valence-corrected chi connectivity index (χ1v) is 11.2. The van der Waals surface area contributed by atoms with Crippen molar-refractivity contribution in [1.82, 2.24) is 33.2 Å². The molecule has 0 atom stereocenters. The molecular weight excluding hydrogens is 426 g/mol. The predicted octanol–water partition coefficient (Wildman–Crippen LogP) is 3.87. The Balaban J connectivity index is 1.41. The van der Waals surface area contributed by atoms with Gasteiger partial charge in [-0.05, 0) is 43.5 Å². The summed E-state index contributed by atoms with van der Waals surface area (Å²) in [5, 5.41) is 0.652. The molecule has 1 fully saturated rings. The lowest BCUT2D eigenvalue weighted by Gasteiger charge is -2.10. The zero-order valence-corrected chi connectivity index (χ0v) is 18.2. The van der Waals surface area contributed by atoms with Crippen molar-refractivity contribution in [1.29, 1.82) is 0 Å². The Morgan fingerprint density at radius 2 is 1.91 bits per heavy atom. The monoisotopic (exact) mass is 447 g/mol. The van der Waals surface area contributed by atoms with E-state index >= 15 is 0 Å². The van der Waals surface area contributed by atoms with E-state index in [1.165, 1.54) is 0 Å². The molecule has 0 aliphatic heterocycles. The lowest BCUT2D eigenvalue weighted by molar-refractivity contribution is 0.546. The normalized spacial score (nSPS) is 14.0. The minimum absolute atomic E-state index is 0.00514. The first-order valence-electron chi connectivity index (χ1n) is 10.8. The quantitative estimate of drug-likeness (QED) is 0.379. The summed E-state index contributed by atoms with van der Waals surface area (Å²) in [4.78, 5) is 26.6. The maximum absolute atomic E-state index is 13.4. The van der Waals surface area contributed by atoms with Gasteiger partial charge in [0.05, 0.1) is 41.1 Å². The van der Waals surface area contributed by atoms with Crippen LogP contribution in [0, 0.1) is 0 Å². The summed E-state index contributed by atoms with van der Waals surface area (Å²) in [5.74, 6) is 0.841. The Morgan fingerprint density at radius 3 is 2.72 bits per heavy atom. The minimum Gasteiger partial charge on any atom is -0.337 e. The van der Waals surface area contributed by atoms with Crippen LogP contribution in [0.2, 0.25) is 5.02 Å². The van der Waals surface area contributed by atoms with Crippen LogP contribution >= 0.6 is 11.6 Å². The van der Waals surface area contributed by atoms with E-state index in [4.69, 9.17) is 16.6 Å². The van der Waals surface area contributed by atoms with Crippen LogP contribution in [-0.4, -0.2) is 33.2 Å². The van der Waals surface area contributed by atoms with Crippen LogP contribution in [0.5, 0.6) is 0 Å². The van der Waals surface area contributed by atoms with Crippen molar-refractivity contribution < 1.29 is 0 Å². The summed E-state index contributed by atoms with van der Waals surface area (Å²) in [5.41, 5.74) is 3.66. The molecular formula is C23H22ClN7O. The van der Waals surface area contributed by atoms with Gasteiger partial charge in [0.25, 0.3) is 0 Å². The first-order chi connectivity index (χ1) is 15.7. The van der Waals surface area contributed by atoms with Crippen molar-refractivity contribution in [2.24, 2.45) is 0 Å². The molecule has 162 valence electrons. The van der Waals surface area contributed by atoms with Crippen LogP contribution in [0.4, 0.5) is 0 Å². The summed E-state index contributed by atoms with van der Waals surface area (Å²) in [6, 6.07) is 7.99. The molecule has 0 N–H and O–H groups in total. The van der Waals surface area contributed by atoms with E-state index in [1.54, 1.807) is 23.2 Å². The molecule has 5 aromatic rings. The summed E-state index contributed by atoms with van der Waals surface area (Å²) < 4.78 is 7.98. The smallest absolute Gasteiger partial charge is 0.329 e. The van der Waals surface area contributed by atoms with Gasteiger partial charge in [0, 0.05) is 42.7 Å². The van der Waals surface area contributed by atoms with Crippen LogP contribution in [0.15, 0.2) is 60.2 Å². The SMILES string of the molecule is O=c1n(Cc2nc3cc(Cl)ccc3n2CCCn2ccnc2)c2cnccc2n1C1CC1. The maximum Gasteiger partial charge on any atom is 0.329 e. The van der Waals surface area contributed by atoms with Gasteiger partial charge in [-0.2, -0.15) is 0 Å². The fourth-order valence-electron chi connectivity index (χ4n) is 4.46. The second-order valence-electron chi connectivity index (χ2n) is 8.30. The number of aryl methyl sites for hydroxylation is 2. The van der Waals surface area contributed by atoms with Gasteiger partial charge in [0.1, 0.15) is 5.82 Å². The van der Waals surface area contributed by atoms with Gasteiger partial charge in [-0.3, -0.25) is 14.1 Å². The number of hydrogen-bond acceptors (Lipinski definition) is 4. The van der Waals surface area contributed by atoms with Gasteiger partial charge in [-0.15, -0.1) is 0 Å². The number of hydrogen-bond donors (Lipinski definition) is 0. The van der Waals surface area contributed by atoms with Crippen molar-refractivity contribution in [3.8, 4) is 0 Å². The Bertz CT molecular complexity index is 1470. The Labute approximate surface area is 188 Å². The molecule has 1 saturated carbocycles. The van der Waals surface area contributed by atoms with Crippen LogP contribution in [0.3, 0.4) is 0 Å². The van der Waals surface area contributed by atoms with E-state index < -0.39 is 0 Å². The highest BCUT2D eigenvalue weighted by atomic mass is 35.5. The molecule has 1 aliphatic rings. The molecule has 32 heavy (non-hydrogen) atoms. The highest BCUT2D eigenvalue weighted by Crippen LogP contribution is 2.36. The van der Waals surface area contributed by atoms with Crippen molar-refractivity contribution in [2.75, 3.05) is 0 Å². The third-order valence-corrected chi connectivity index (χ3v) is 6.36. The van der Waals surface area contributed by atoms with E-state index in [0.717, 1.165) is 60.2 Å². The van der Waals surface area contributed by atoms with Crippen molar-refractivity contribution >= 4 is 33.7 Å². The van der Waals surface area contributed by atoms with E-state index in [0.29, 0.717) is 17.6 Å².